The highest BCUT2D eigenvalue weighted by Gasteiger charge is 2.36. The molecule has 0 aromatic carbocycles. The lowest BCUT2D eigenvalue weighted by Gasteiger charge is -2.30. The Kier molecular flexibility index (Phi) is 3.90. The van der Waals surface area contributed by atoms with Gasteiger partial charge in [0.15, 0.2) is 0 Å². The van der Waals surface area contributed by atoms with E-state index in [4.69, 9.17) is 9.84 Å². The van der Waals surface area contributed by atoms with E-state index in [0.29, 0.717) is 26.1 Å². The van der Waals surface area contributed by atoms with Crippen LogP contribution in [0.5, 0.6) is 0 Å². The predicted molar refractivity (Wildman–Crippen MR) is 65.1 cm³/mol. The number of carbonyl (C=O) groups is 2. The number of carboxylic acid groups (broad SMARTS) is 1. The first-order valence-electron chi connectivity index (χ1n) is 6.63. The highest BCUT2D eigenvalue weighted by molar-refractivity contribution is 5.80. The Labute approximate surface area is 107 Å². The molecule has 0 radical (unpaired) electrons. The first-order valence-corrected chi connectivity index (χ1v) is 6.63. The van der Waals surface area contributed by atoms with E-state index in [1.165, 1.54) is 0 Å². The maximum absolute atomic E-state index is 12.2. The summed E-state index contributed by atoms with van der Waals surface area (Å²) in [4.78, 5) is 23.1. The zero-order chi connectivity index (χ0) is 13.2. The molecule has 0 aromatic rings. The van der Waals surface area contributed by atoms with Gasteiger partial charge in [-0.15, -0.1) is 0 Å². The van der Waals surface area contributed by atoms with Gasteiger partial charge < -0.3 is 15.2 Å². The van der Waals surface area contributed by atoms with Crippen molar-refractivity contribution in [1.82, 2.24) is 5.32 Å². The van der Waals surface area contributed by atoms with Gasteiger partial charge in [-0.1, -0.05) is 6.42 Å². The Morgan fingerprint density at radius 1 is 1.33 bits per heavy atom. The zero-order valence-electron chi connectivity index (χ0n) is 10.8. The number of carbonyl (C=O) groups excluding carboxylic acids is 1. The van der Waals surface area contributed by atoms with Crippen LogP contribution in [0, 0.1) is 11.8 Å². The number of ether oxygens (including phenoxy) is 1. The Hall–Kier alpha value is -1.10. The van der Waals surface area contributed by atoms with E-state index in [2.05, 4.69) is 5.32 Å². The molecule has 0 aromatic heterocycles. The second kappa shape index (κ2) is 5.26. The van der Waals surface area contributed by atoms with Crippen LogP contribution in [0.4, 0.5) is 0 Å². The quantitative estimate of drug-likeness (QED) is 0.794. The highest BCUT2D eigenvalue weighted by Crippen LogP contribution is 2.30. The average molecular weight is 255 g/mol. The molecule has 3 unspecified atom stereocenters. The van der Waals surface area contributed by atoms with Crippen molar-refractivity contribution in [3.63, 3.8) is 0 Å². The summed E-state index contributed by atoms with van der Waals surface area (Å²) in [5, 5.41) is 12.0. The molecule has 0 spiro atoms. The summed E-state index contributed by atoms with van der Waals surface area (Å²) in [6.07, 6.45) is 3.61. The van der Waals surface area contributed by atoms with E-state index in [-0.39, 0.29) is 23.3 Å². The summed E-state index contributed by atoms with van der Waals surface area (Å²) in [6.45, 7) is 3.21. The van der Waals surface area contributed by atoms with Gasteiger partial charge in [0, 0.05) is 12.5 Å². The summed E-state index contributed by atoms with van der Waals surface area (Å²) in [5.41, 5.74) is -0.271. The summed E-state index contributed by atoms with van der Waals surface area (Å²) in [7, 11) is 0. The molecule has 1 aliphatic heterocycles. The van der Waals surface area contributed by atoms with E-state index >= 15 is 0 Å². The standard InChI is InChI=1S/C13H21NO4/c1-13(5-6-18-8-13)14-11(15)9-3-2-4-10(7-9)12(16)17/h9-10H,2-8H2,1H3,(H,14,15)(H,16,17). The van der Waals surface area contributed by atoms with Crippen molar-refractivity contribution in [2.24, 2.45) is 11.8 Å². The average Bonchev–Trinajstić information content (AvgIpc) is 2.76. The van der Waals surface area contributed by atoms with Crippen LogP contribution in [-0.2, 0) is 14.3 Å². The summed E-state index contributed by atoms with van der Waals surface area (Å²) < 4.78 is 5.30. The fourth-order valence-corrected chi connectivity index (χ4v) is 2.82. The van der Waals surface area contributed by atoms with Crippen molar-refractivity contribution < 1.29 is 19.4 Å². The van der Waals surface area contributed by atoms with Gasteiger partial charge in [0.05, 0.1) is 18.1 Å². The van der Waals surface area contributed by atoms with Crippen LogP contribution in [0.3, 0.4) is 0 Å². The van der Waals surface area contributed by atoms with Crippen LogP contribution >= 0.6 is 0 Å². The van der Waals surface area contributed by atoms with Crippen molar-refractivity contribution in [2.45, 2.75) is 44.6 Å². The lowest BCUT2D eigenvalue weighted by atomic mass is 9.80. The Morgan fingerprint density at radius 3 is 2.67 bits per heavy atom. The van der Waals surface area contributed by atoms with Crippen LogP contribution in [0.2, 0.25) is 0 Å². The molecule has 1 aliphatic carbocycles. The summed E-state index contributed by atoms with van der Waals surface area (Å²) >= 11 is 0. The number of nitrogens with one attached hydrogen (secondary N) is 1. The second-order valence-corrected chi connectivity index (χ2v) is 5.75. The lowest BCUT2D eigenvalue weighted by molar-refractivity contribution is -0.144. The SMILES string of the molecule is CC1(NC(=O)C2CCCC(C(=O)O)C2)CCOC1. The Bertz CT molecular complexity index is 336. The van der Waals surface area contributed by atoms with E-state index in [9.17, 15) is 9.59 Å². The van der Waals surface area contributed by atoms with Crippen LogP contribution < -0.4 is 5.32 Å². The number of carboxylic acids is 1. The number of amides is 1. The Morgan fingerprint density at radius 2 is 2.06 bits per heavy atom. The molecule has 1 saturated carbocycles. The molecule has 18 heavy (non-hydrogen) atoms. The van der Waals surface area contributed by atoms with Gasteiger partial charge in [-0.25, -0.2) is 0 Å². The largest absolute Gasteiger partial charge is 0.481 e. The molecule has 102 valence electrons. The first-order chi connectivity index (χ1) is 8.50. The van der Waals surface area contributed by atoms with Gasteiger partial charge in [-0.05, 0) is 32.6 Å². The van der Waals surface area contributed by atoms with Crippen LogP contribution in [0.25, 0.3) is 0 Å². The van der Waals surface area contributed by atoms with Crippen molar-refractivity contribution >= 4 is 11.9 Å². The van der Waals surface area contributed by atoms with Gasteiger partial charge in [-0.3, -0.25) is 9.59 Å². The molecular formula is C13H21NO4. The van der Waals surface area contributed by atoms with E-state index in [1.54, 1.807) is 0 Å². The van der Waals surface area contributed by atoms with Gasteiger partial charge in [0.25, 0.3) is 0 Å². The van der Waals surface area contributed by atoms with Crippen molar-refractivity contribution in [3.8, 4) is 0 Å². The minimum absolute atomic E-state index is 0.00560. The molecule has 5 nitrogen and oxygen atoms in total. The van der Waals surface area contributed by atoms with Crippen LogP contribution in [0.1, 0.15) is 39.0 Å². The normalized spacial score (nSPS) is 36.3. The third kappa shape index (κ3) is 3.02. The van der Waals surface area contributed by atoms with Crippen molar-refractivity contribution in [2.75, 3.05) is 13.2 Å². The number of aliphatic carboxylic acids is 1. The van der Waals surface area contributed by atoms with E-state index < -0.39 is 5.97 Å². The molecule has 1 saturated heterocycles. The lowest BCUT2D eigenvalue weighted by Crippen LogP contribution is -2.49. The molecular weight excluding hydrogens is 234 g/mol. The van der Waals surface area contributed by atoms with Gasteiger partial charge in [-0.2, -0.15) is 0 Å². The van der Waals surface area contributed by atoms with Gasteiger partial charge in [0.1, 0.15) is 0 Å². The molecule has 3 atom stereocenters. The maximum Gasteiger partial charge on any atom is 0.306 e. The minimum Gasteiger partial charge on any atom is -0.481 e. The maximum atomic E-state index is 12.2. The topological polar surface area (TPSA) is 75.6 Å². The third-order valence-electron chi connectivity index (χ3n) is 4.04. The van der Waals surface area contributed by atoms with Crippen molar-refractivity contribution in [1.29, 1.82) is 0 Å². The van der Waals surface area contributed by atoms with Crippen LogP contribution in [0.15, 0.2) is 0 Å². The van der Waals surface area contributed by atoms with Gasteiger partial charge in [0.2, 0.25) is 5.91 Å². The molecule has 1 amide bonds. The Balaban J connectivity index is 1.90. The number of hydrogen-bond acceptors (Lipinski definition) is 3. The summed E-state index contributed by atoms with van der Waals surface area (Å²) in [6, 6.07) is 0. The van der Waals surface area contributed by atoms with Crippen molar-refractivity contribution in [3.05, 3.63) is 0 Å². The molecule has 1 heterocycles. The molecule has 2 fully saturated rings. The van der Waals surface area contributed by atoms with E-state index in [1.807, 2.05) is 6.92 Å². The number of rotatable bonds is 3. The smallest absolute Gasteiger partial charge is 0.306 e. The predicted octanol–water partition coefficient (Wildman–Crippen LogP) is 1.17. The molecule has 5 heteroatoms. The monoisotopic (exact) mass is 255 g/mol. The molecule has 2 N–H and O–H groups in total. The zero-order valence-corrected chi connectivity index (χ0v) is 10.8. The van der Waals surface area contributed by atoms with Crippen LogP contribution in [-0.4, -0.2) is 35.7 Å². The third-order valence-corrected chi connectivity index (χ3v) is 4.04. The molecule has 0 bridgehead atoms. The molecule has 2 rings (SSSR count). The van der Waals surface area contributed by atoms with E-state index in [0.717, 1.165) is 19.3 Å². The molecule has 2 aliphatic rings. The fraction of sp³-hybridized carbons (Fsp3) is 0.846. The minimum atomic E-state index is -0.775. The van der Waals surface area contributed by atoms with Gasteiger partial charge >= 0.3 is 5.97 Å². The number of hydrogen-bond donors (Lipinski definition) is 2. The summed E-state index contributed by atoms with van der Waals surface area (Å²) in [5.74, 6) is -1.30. The second-order valence-electron chi connectivity index (χ2n) is 5.75. The fourth-order valence-electron chi connectivity index (χ4n) is 2.82. The highest BCUT2D eigenvalue weighted by atomic mass is 16.5. The first kappa shape index (κ1) is 13.3.